The van der Waals surface area contributed by atoms with E-state index in [-0.39, 0.29) is 9.92 Å². The first-order valence-corrected chi connectivity index (χ1v) is 11.4. The van der Waals surface area contributed by atoms with Crippen molar-refractivity contribution < 1.29 is 8.42 Å². The van der Waals surface area contributed by atoms with Gasteiger partial charge in [-0.3, -0.25) is 4.72 Å². The Hall–Kier alpha value is -1.37. The summed E-state index contributed by atoms with van der Waals surface area (Å²) in [5.41, 5.74) is 1.56. The van der Waals surface area contributed by atoms with Gasteiger partial charge in [-0.2, -0.15) is 0 Å². The fourth-order valence-corrected chi connectivity index (χ4v) is 5.30. The molecule has 0 aliphatic carbocycles. The van der Waals surface area contributed by atoms with Crippen LogP contribution < -0.4 is 4.72 Å². The molecule has 3 aromatic carbocycles. The molecule has 27 heavy (non-hydrogen) atoms. The molecule has 3 rings (SSSR count). The zero-order chi connectivity index (χ0) is 19.4. The van der Waals surface area contributed by atoms with Gasteiger partial charge in [0, 0.05) is 20.7 Å². The van der Waals surface area contributed by atoms with Crippen molar-refractivity contribution in [1.29, 1.82) is 0 Å². The third kappa shape index (κ3) is 5.33. The van der Waals surface area contributed by atoms with E-state index in [4.69, 9.17) is 34.8 Å². The van der Waals surface area contributed by atoms with E-state index >= 15 is 0 Å². The average Bonchev–Trinajstić information content (AvgIpc) is 2.64. The van der Waals surface area contributed by atoms with Crippen LogP contribution in [0, 0.1) is 0 Å². The molecule has 0 bridgehead atoms. The molecule has 3 aromatic rings. The van der Waals surface area contributed by atoms with E-state index < -0.39 is 10.0 Å². The first-order valence-electron chi connectivity index (χ1n) is 7.79. The highest BCUT2D eigenvalue weighted by Crippen LogP contribution is 2.33. The lowest BCUT2D eigenvalue weighted by molar-refractivity contribution is 0.601. The lowest BCUT2D eigenvalue weighted by Crippen LogP contribution is -2.14. The van der Waals surface area contributed by atoms with Crippen LogP contribution in [0.3, 0.4) is 0 Å². The topological polar surface area (TPSA) is 46.2 Å². The van der Waals surface area contributed by atoms with Gasteiger partial charge in [-0.05, 0) is 48.0 Å². The fourth-order valence-electron chi connectivity index (χ4n) is 2.30. The number of thioether (sulfide) groups is 1. The largest absolute Gasteiger partial charge is 0.278 e. The van der Waals surface area contributed by atoms with E-state index in [1.54, 1.807) is 18.2 Å². The van der Waals surface area contributed by atoms with Gasteiger partial charge in [-0.15, -0.1) is 11.8 Å². The number of benzene rings is 3. The van der Waals surface area contributed by atoms with Crippen molar-refractivity contribution in [3.63, 3.8) is 0 Å². The first-order chi connectivity index (χ1) is 12.8. The van der Waals surface area contributed by atoms with Gasteiger partial charge in [0.25, 0.3) is 10.0 Å². The van der Waals surface area contributed by atoms with Gasteiger partial charge in [0.1, 0.15) is 4.90 Å². The summed E-state index contributed by atoms with van der Waals surface area (Å²) in [6, 6.07) is 19.0. The first kappa shape index (κ1) is 20.4. The van der Waals surface area contributed by atoms with Crippen molar-refractivity contribution >= 4 is 62.3 Å². The van der Waals surface area contributed by atoms with Crippen molar-refractivity contribution in [3.8, 4) is 0 Å². The molecule has 0 amide bonds. The van der Waals surface area contributed by atoms with Gasteiger partial charge < -0.3 is 0 Å². The highest BCUT2D eigenvalue weighted by molar-refractivity contribution is 7.98. The third-order valence-corrected chi connectivity index (χ3v) is 7.10. The van der Waals surface area contributed by atoms with Gasteiger partial charge >= 0.3 is 0 Å². The van der Waals surface area contributed by atoms with Gasteiger partial charge in [-0.1, -0.05) is 59.1 Å². The van der Waals surface area contributed by atoms with E-state index in [1.807, 2.05) is 36.4 Å². The normalized spacial score (nSPS) is 11.4. The molecule has 0 spiro atoms. The molecule has 0 fully saturated rings. The summed E-state index contributed by atoms with van der Waals surface area (Å²) in [4.78, 5) is 0.739. The molecule has 0 saturated heterocycles. The van der Waals surface area contributed by atoms with E-state index in [0.717, 1.165) is 10.5 Å². The van der Waals surface area contributed by atoms with E-state index in [2.05, 4.69) is 4.72 Å². The van der Waals surface area contributed by atoms with Gasteiger partial charge in [0.15, 0.2) is 0 Å². The number of halogens is 3. The second kappa shape index (κ2) is 8.76. The Labute approximate surface area is 177 Å². The predicted octanol–water partition coefficient (Wildman–Crippen LogP) is 6.74. The molecule has 0 saturated carbocycles. The minimum Gasteiger partial charge on any atom is -0.278 e. The Morgan fingerprint density at radius 3 is 2.26 bits per heavy atom. The Morgan fingerprint density at radius 2 is 1.52 bits per heavy atom. The molecule has 3 nitrogen and oxygen atoms in total. The summed E-state index contributed by atoms with van der Waals surface area (Å²) in [7, 11) is -3.87. The van der Waals surface area contributed by atoms with Crippen LogP contribution in [-0.2, 0) is 15.8 Å². The molecule has 8 heteroatoms. The van der Waals surface area contributed by atoms with Crippen molar-refractivity contribution in [2.24, 2.45) is 0 Å². The quantitative estimate of drug-likeness (QED) is 0.416. The number of hydrogen-bond acceptors (Lipinski definition) is 3. The summed E-state index contributed by atoms with van der Waals surface area (Å²) >= 11 is 19.4. The molecule has 0 heterocycles. The average molecular weight is 459 g/mol. The van der Waals surface area contributed by atoms with Crippen LogP contribution in [0.4, 0.5) is 5.69 Å². The summed E-state index contributed by atoms with van der Waals surface area (Å²) in [5, 5.41) is 1.08. The maximum absolute atomic E-state index is 12.8. The number of hydrogen-bond donors (Lipinski definition) is 1. The molecular weight excluding hydrogens is 445 g/mol. The van der Waals surface area contributed by atoms with Gasteiger partial charge in [0.05, 0.1) is 10.7 Å². The maximum atomic E-state index is 12.8. The molecule has 0 atom stereocenters. The summed E-state index contributed by atoms with van der Waals surface area (Å²) < 4.78 is 28.1. The van der Waals surface area contributed by atoms with Crippen LogP contribution in [0.25, 0.3) is 0 Å². The van der Waals surface area contributed by atoms with Crippen LogP contribution in [-0.4, -0.2) is 8.42 Å². The number of para-hydroxylation sites is 1. The number of nitrogens with one attached hydrogen (secondary N) is 1. The van der Waals surface area contributed by atoms with Crippen molar-refractivity contribution in [1.82, 2.24) is 0 Å². The van der Waals surface area contributed by atoms with Crippen LogP contribution in [0.1, 0.15) is 5.56 Å². The molecule has 0 aliphatic heterocycles. The zero-order valence-corrected chi connectivity index (χ0v) is 17.7. The zero-order valence-electron chi connectivity index (χ0n) is 13.8. The standard InChI is InChI=1S/C19H14Cl3NO2S2/c20-14-7-5-13(6-8-14)12-26-18-4-2-1-3-17(18)23-27(24,25)19-11-15(21)9-10-16(19)22/h1-11,23H,12H2. The van der Waals surface area contributed by atoms with E-state index in [0.29, 0.717) is 21.5 Å². The lowest BCUT2D eigenvalue weighted by Gasteiger charge is -2.13. The van der Waals surface area contributed by atoms with E-state index in [9.17, 15) is 8.42 Å². The monoisotopic (exact) mass is 457 g/mol. The van der Waals surface area contributed by atoms with Crippen LogP contribution >= 0.6 is 46.6 Å². The van der Waals surface area contributed by atoms with Gasteiger partial charge in [0.2, 0.25) is 0 Å². The number of rotatable bonds is 6. The van der Waals surface area contributed by atoms with Gasteiger partial charge in [-0.25, -0.2) is 8.42 Å². The van der Waals surface area contributed by atoms with Crippen LogP contribution in [0.5, 0.6) is 0 Å². The Balaban J connectivity index is 1.83. The van der Waals surface area contributed by atoms with Crippen molar-refractivity contribution in [2.75, 3.05) is 4.72 Å². The SMILES string of the molecule is O=S(=O)(Nc1ccccc1SCc1ccc(Cl)cc1)c1cc(Cl)ccc1Cl. The van der Waals surface area contributed by atoms with Crippen LogP contribution in [0.2, 0.25) is 15.1 Å². The molecule has 0 aliphatic rings. The molecule has 1 N–H and O–H groups in total. The number of sulfonamides is 1. The van der Waals surface area contributed by atoms with Crippen molar-refractivity contribution in [2.45, 2.75) is 15.5 Å². The molecular formula is C19H14Cl3NO2S2. The fraction of sp³-hybridized carbons (Fsp3) is 0.0526. The second-order valence-electron chi connectivity index (χ2n) is 5.59. The third-order valence-electron chi connectivity index (χ3n) is 3.62. The second-order valence-corrected chi connectivity index (χ2v) is 9.54. The Kier molecular flexibility index (Phi) is 6.61. The highest BCUT2D eigenvalue weighted by atomic mass is 35.5. The van der Waals surface area contributed by atoms with E-state index in [1.165, 1.54) is 23.9 Å². The molecule has 0 unspecified atom stereocenters. The lowest BCUT2D eigenvalue weighted by atomic mass is 10.2. The predicted molar refractivity (Wildman–Crippen MR) is 115 cm³/mol. The smallest absolute Gasteiger partial charge is 0.263 e. The van der Waals surface area contributed by atoms with Crippen LogP contribution in [0.15, 0.2) is 76.5 Å². The Bertz CT molecular complexity index is 1050. The minimum absolute atomic E-state index is 0.0610. The minimum atomic E-state index is -3.87. The summed E-state index contributed by atoms with van der Waals surface area (Å²) in [6.07, 6.45) is 0. The molecule has 140 valence electrons. The molecule has 0 aromatic heterocycles. The van der Waals surface area contributed by atoms with Crippen molar-refractivity contribution in [3.05, 3.63) is 87.4 Å². The maximum Gasteiger partial charge on any atom is 0.263 e. The summed E-state index contributed by atoms with van der Waals surface area (Å²) in [5.74, 6) is 0.674. The highest BCUT2D eigenvalue weighted by Gasteiger charge is 2.20. The molecule has 0 radical (unpaired) electrons. The Morgan fingerprint density at radius 1 is 0.852 bits per heavy atom. The number of anilines is 1. The summed E-state index contributed by atoms with van der Waals surface area (Å²) in [6.45, 7) is 0.